The van der Waals surface area contributed by atoms with Gasteiger partial charge in [0.2, 0.25) is 11.8 Å². The molecular formula is C21H27N3O4. The van der Waals surface area contributed by atoms with Crippen molar-refractivity contribution in [2.45, 2.75) is 63.3 Å². The molecule has 0 bridgehead atoms. The van der Waals surface area contributed by atoms with Crippen molar-refractivity contribution in [3.05, 3.63) is 29.3 Å². The molecule has 0 aromatic heterocycles. The molecule has 1 aromatic carbocycles. The fraction of sp³-hybridized carbons (Fsp3) is 0.571. The lowest BCUT2D eigenvalue weighted by atomic mass is 9.91. The number of hydrogen-bond donors (Lipinski definition) is 1. The van der Waals surface area contributed by atoms with Gasteiger partial charge in [0.05, 0.1) is 0 Å². The lowest BCUT2D eigenvalue weighted by Gasteiger charge is -2.36. The van der Waals surface area contributed by atoms with E-state index in [9.17, 15) is 14.4 Å². The zero-order valence-electron chi connectivity index (χ0n) is 16.4. The van der Waals surface area contributed by atoms with Gasteiger partial charge in [0.15, 0.2) is 0 Å². The Morgan fingerprint density at radius 2 is 1.89 bits per heavy atom. The van der Waals surface area contributed by atoms with E-state index in [1.54, 1.807) is 11.0 Å². The monoisotopic (exact) mass is 385 g/mol. The molecule has 2 aliphatic heterocycles. The average molecular weight is 385 g/mol. The van der Waals surface area contributed by atoms with E-state index in [0.29, 0.717) is 24.6 Å². The van der Waals surface area contributed by atoms with Gasteiger partial charge in [-0.05, 0) is 63.5 Å². The predicted octanol–water partition coefficient (Wildman–Crippen LogP) is 1.70. The number of nitrogens with one attached hydrogen (secondary N) is 1. The number of benzene rings is 1. The van der Waals surface area contributed by atoms with Crippen LogP contribution in [0.1, 0.15) is 54.4 Å². The number of carbonyl (C=O) groups excluding carboxylic acids is 3. The van der Waals surface area contributed by atoms with Gasteiger partial charge in [-0.15, -0.1) is 0 Å². The van der Waals surface area contributed by atoms with Crippen molar-refractivity contribution >= 4 is 17.7 Å². The molecule has 7 nitrogen and oxygen atoms in total. The van der Waals surface area contributed by atoms with Gasteiger partial charge < -0.3 is 14.5 Å². The first-order valence-corrected chi connectivity index (χ1v) is 10.0. The Hall–Kier alpha value is -2.41. The summed E-state index contributed by atoms with van der Waals surface area (Å²) in [5.41, 5.74) is 1.49. The number of imide groups is 1. The van der Waals surface area contributed by atoms with Crippen molar-refractivity contribution in [1.29, 1.82) is 0 Å². The minimum atomic E-state index is -0.585. The van der Waals surface area contributed by atoms with Crippen LogP contribution >= 0.6 is 0 Å². The first-order chi connectivity index (χ1) is 13.4. The van der Waals surface area contributed by atoms with Gasteiger partial charge in [-0.1, -0.05) is 6.42 Å². The van der Waals surface area contributed by atoms with Crippen molar-refractivity contribution in [2.75, 3.05) is 14.1 Å². The molecule has 3 aliphatic rings. The van der Waals surface area contributed by atoms with E-state index >= 15 is 0 Å². The molecule has 3 atom stereocenters. The lowest BCUT2D eigenvalue weighted by Crippen LogP contribution is -2.52. The Labute approximate surface area is 165 Å². The zero-order chi connectivity index (χ0) is 19.8. The summed E-state index contributed by atoms with van der Waals surface area (Å²) in [5.74, 6) is -0.0377. The van der Waals surface area contributed by atoms with E-state index in [1.807, 2.05) is 12.1 Å². The largest absolute Gasteiger partial charge is 0.489 e. The van der Waals surface area contributed by atoms with Crippen molar-refractivity contribution in [1.82, 2.24) is 15.1 Å². The van der Waals surface area contributed by atoms with Crippen molar-refractivity contribution < 1.29 is 19.1 Å². The van der Waals surface area contributed by atoms with E-state index in [0.717, 1.165) is 24.2 Å². The van der Waals surface area contributed by atoms with Crippen molar-refractivity contribution in [2.24, 2.45) is 0 Å². The minimum Gasteiger partial charge on any atom is -0.489 e. The molecule has 0 radical (unpaired) electrons. The van der Waals surface area contributed by atoms with Crippen LogP contribution in [0, 0.1) is 0 Å². The molecule has 28 heavy (non-hydrogen) atoms. The van der Waals surface area contributed by atoms with Gasteiger partial charge in [0.25, 0.3) is 5.91 Å². The molecule has 2 fully saturated rings. The van der Waals surface area contributed by atoms with Crippen LogP contribution in [0.4, 0.5) is 0 Å². The second-order valence-corrected chi connectivity index (χ2v) is 8.19. The fourth-order valence-electron chi connectivity index (χ4n) is 4.60. The number of hydrogen-bond acceptors (Lipinski definition) is 5. The van der Waals surface area contributed by atoms with Crippen LogP contribution in [-0.4, -0.2) is 59.8 Å². The van der Waals surface area contributed by atoms with E-state index in [1.165, 1.54) is 12.8 Å². The van der Waals surface area contributed by atoms with Gasteiger partial charge in [-0.3, -0.25) is 19.7 Å². The molecule has 3 unspecified atom stereocenters. The van der Waals surface area contributed by atoms with Crippen molar-refractivity contribution in [3.8, 4) is 5.75 Å². The standard InChI is InChI=1S/C21H27N3O4/c1-23(2)16-5-3-4-6-18(16)28-14-7-8-15-13(11-14)12-24(21(15)27)17-9-10-19(25)22-20(17)26/h7-8,11,16-18H,3-6,9-10,12H2,1-2H3,(H,22,25,26). The molecule has 3 amide bonds. The number of rotatable bonds is 4. The summed E-state index contributed by atoms with van der Waals surface area (Å²) in [6, 6.07) is 5.39. The maximum atomic E-state index is 12.8. The molecule has 1 aliphatic carbocycles. The second-order valence-electron chi connectivity index (χ2n) is 8.19. The Morgan fingerprint density at radius 3 is 2.64 bits per heavy atom. The second kappa shape index (κ2) is 7.54. The number of likely N-dealkylation sites (N-methyl/N-ethyl adjacent to an activating group) is 1. The van der Waals surface area contributed by atoms with Gasteiger partial charge in [0.1, 0.15) is 17.9 Å². The third-order valence-corrected chi connectivity index (χ3v) is 6.11. The van der Waals surface area contributed by atoms with Crippen LogP contribution in [0.25, 0.3) is 0 Å². The summed E-state index contributed by atoms with van der Waals surface area (Å²) >= 11 is 0. The van der Waals surface area contributed by atoms with Crippen LogP contribution in [0.3, 0.4) is 0 Å². The molecule has 150 valence electrons. The van der Waals surface area contributed by atoms with Gasteiger partial charge in [-0.2, -0.15) is 0 Å². The maximum absolute atomic E-state index is 12.8. The topological polar surface area (TPSA) is 79.0 Å². The first kappa shape index (κ1) is 18.9. The number of ether oxygens (including phenoxy) is 1. The quantitative estimate of drug-likeness (QED) is 0.798. The molecule has 7 heteroatoms. The highest BCUT2D eigenvalue weighted by molar-refractivity contribution is 6.05. The molecule has 1 saturated carbocycles. The fourth-order valence-corrected chi connectivity index (χ4v) is 4.60. The Balaban J connectivity index is 1.49. The van der Waals surface area contributed by atoms with Crippen LogP contribution in [-0.2, 0) is 16.1 Å². The summed E-state index contributed by atoms with van der Waals surface area (Å²) in [4.78, 5) is 40.1. The number of piperidine rings is 1. The molecule has 1 saturated heterocycles. The molecule has 0 spiro atoms. The normalized spacial score (nSPS) is 27.8. The smallest absolute Gasteiger partial charge is 0.255 e. The van der Waals surface area contributed by atoms with E-state index in [-0.39, 0.29) is 30.2 Å². The highest BCUT2D eigenvalue weighted by atomic mass is 16.5. The Bertz CT molecular complexity index is 807. The number of nitrogens with zero attached hydrogens (tertiary/aromatic N) is 2. The number of amides is 3. The van der Waals surface area contributed by atoms with E-state index < -0.39 is 6.04 Å². The van der Waals surface area contributed by atoms with Crippen molar-refractivity contribution in [3.63, 3.8) is 0 Å². The highest BCUT2D eigenvalue weighted by Crippen LogP contribution is 2.32. The summed E-state index contributed by atoms with van der Waals surface area (Å²) in [6.07, 6.45) is 5.33. The van der Waals surface area contributed by atoms with Gasteiger partial charge >= 0.3 is 0 Å². The number of carbonyl (C=O) groups is 3. The Kier molecular flexibility index (Phi) is 5.10. The first-order valence-electron chi connectivity index (χ1n) is 10.0. The number of fused-ring (bicyclic) bond motifs is 1. The van der Waals surface area contributed by atoms with Crippen LogP contribution < -0.4 is 10.1 Å². The third-order valence-electron chi connectivity index (χ3n) is 6.11. The van der Waals surface area contributed by atoms with E-state index in [2.05, 4.69) is 24.3 Å². The molecule has 1 N–H and O–H groups in total. The molecule has 4 rings (SSSR count). The van der Waals surface area contributed by atoms with Crippen LogP contribution in [0.15, 0.2) is 18.2 Å². The molecule has 1 aromatic rings. The highest BCUT2D eigenvalue weighted by Gasteiger charge is 2.39. The van der Waals surface area contributed by atoms with Gasteiger partial charge in [-0.25, -0.2) is 0 Å². The summed E-state index contributed by atoms with van der Waals surface area (Å²) in [7, 11) is 4.18. The van der Waals surface area contributed by atoms with E-state index in [4.69, 9.17) is 4.74 Å². The van der Waals surface area contributed by atoms with Crippen LogP contribution in [0.5, 0.6) is 5.75 Å². The SMILES string of the molecule is CN(C)C1CCCCC1Oc1ccc2c(c1)CN(C1CCC(=O)NC1=O)C2=O. The van der Waals surface area contributed by atoms with Crippen LogP contribution in [0.2, 0.25) is 0 Å². The average Bonchev–Trinajstić information content (AvgIpc) is 2.98. The zero-order valence-corrected chi connectivity index (χ0v) is 16.4. The molecular weight excluding hydrogens is 358 g/mol. The van der Waals surface area contributed by atoms with Gasteiger partial charge in [0, 0.05) is 24.6 Å². The summed E-state index contributed by atoms with van der Waals surface area (Å²) < 4.78 is 6.31. The minimum absolute atomic E-state index is 0.144. The lowest BCUT2D eigenvalue weighted by molar-refractivity contribution is -0.136. The maximum Gasteiger partial charge on any atom is 0.255 e. The summed E-state index contributed by atoms with van der Waals surface area (Å²) in [5, 5.41) is 2.33. The predicted molar refractivity (Wildman–Crippen MR) is 103 cm³/mol. The summed E-state index contributed by atoms with van der Waals surface area (Å²) in [6.45, 7) is 0.374. The third kappa shape index (κ3) is 3.51. The molecule has 2 heterocycles. The Morgan fingerprint density at radius 1 is 1.11 bits per heavy atom.